The number of halogens is 2. The predicted octanol–water partition coefficient (Wildman–Crippen LogP) is 3.87. The van der Waals surface area contributed by atoms with Crippen LogP contribution in [0, 0.1) is 11.6 Å². The fourth-order valence-electron chi connectivity index (χ4n) is 1.97. The number of aromatic nitrogens is 1. The Kier molecular flexibility index (Phi) is 3.65. The molecule has 0 saturated carbocycles. The van der Waals surface area contributed by atoms with Crippen LogP contribution in [-0.4, -0.2) is 11.1 Å². The fourth-order valence-corrected chi connectivity index (χ4v) is 1.97. The van der Waals surface area contributed by atoms with Crippen molar-refractivity contribution in [2.75, 3.05) is 5.32 Å². The van der Waals surface area contributed by atoms with Gasteiger partial charge >= 0.3 is 0 Å². The molecule has 2 aromatic carbocycles. The summed E-state index contributed by atoms with van der Waals surface area (Å²) in [6, 6.07) is 12.1. The lowest BCUT2D eigenvalue weighted by Crippen LogP contribution is -2.12. The van der Waals surface area contributed by atoms with E-state index in [1.165, 1.54) is 12.3 Å². The number of carbonyl (C=O) groups excluding carboxylic acids is 1. The number of nitrogens with zero attached hydrogens (tertiary/aromatic N) is 1. The van der Waals surface area contributed by atoms with Gasteiger partial charge in [0.25, 0.3) is 5.91 Å². The van der Waals surface area contributed by atoms with Gasteiger partial charge in [0, 0.05) is 5.56 Å². The number of hydrogen-bond acceptors (Lipinski definition) is 3. The smallest absolute Gasteiger partial charge is 0.258 e. The van der Waals surface area contributed by atoms with Gasteiger partial charge in [-0.05, 0) is 23.8 Å². The maximum atomic E-state index is 13.2. The SMILES string of the molecule is O=C(Nc1oncc1-c1ccccc1)c1ccc(F)c(F)c1. The van der Waals surface area contributed by atoms with Crippen molar-refractivity contribution in [2.24, 2.45) is 0 Å². The number of carbonyl (C=O) groups is 1. The maximum absolute atomic E-state index is 13.2. The standard InChI is InChI=1S/C16H10F2N2O2/c17-13-7-6-11(8-14(13)18)15(21)20-16-12(9-19-22-16)10-4-2-1-3-5-10/h1-9H,(H,20,21). The molecule has 110 valence electrons. The number of rotatable bonds is 3. The second-order valence-corrected chi connectivity index (χ2v) is 4.52. The van der Waals surface area contributed by atoms with Gasteiger partial charge in [0.15, 0.2) is 11.6 Å². The van der Waals surface area contributed by atoms with E-state index in [4.69, 9.17) is 4.52 Å². The van der Waals surface area contributed by atoms with Crippen molar-refractivity contribution in [3.63, 3.8) is 0 Å². The van der Waals surface area contributed by atoms with Crippen LogP contribution >= 0.6 is 0 Å². The molecule has 1 heterocycles. The van der Waals surface area contributed by atoms with Crippen LogP contribution in [0.1, 0.15) is 10.4 Å². The first-order valence-corrected chi connectivity index (χ1v) is 6.41. The second kappa shape index (κ2) is 5.77. The monoisotopic (exact) mass is 300 g/mol. The first-order chi connectivity index (χ1) is 10.6. The molecular formula is C16H10F2N2O2. The molecule has 0 unspecified atom stereocenters. The summed E-state index contributed by atoms with van der Waals surface area (Å²) in [5.74, 6) is -2.58. The molecule has 0 aliphatic heterocycles. The lowest BCUT2D eigenvalue weighted by molar-refractivity contribution is 0.102. The summed E-state index contributed by atoms with van der Waals surface area (Å²) in [5, 5.41) is 6.15. The maximum Gasteiger partial charge on any atom is 0.258 e. The van der Waals surface area contributed by atoms with Crippen molar-refractivity contribution in [2.45, 2.75) is 0 Å². The van der Waals surface area contributed by atoms with Gasteiger partial charge in [0.1, 0.15) is 0 Å². The minimum atomic E-state index is -1.09. The molecule has 0 aliphatic rings. The van der Waals surface area contributed by atoms with Gasteiger partial charge in [-0.25, -0.2) is 8.78 Å². The van der Waals surface area contributed by atoms with Crippen molar-refractivity contribution in [1.82, 2.24) is 5.16 Å². The molecule has 3 rings (SSSR count). The molecule has 0 fully saturated rings. The zero-order chi connectivity index (χ0) is 15.5. The van der Waals surface area contributed by atoms with E-state index >= 15 is 0 Å². The Morgan fingerprint density at radius 3 is 2.55 bits per heavy atom. The molecule has 0 bridgehead atoms. The average Bonchev–Trinajstić information content (AvgIpc) is 2.99. The van der Waals surface area contributed by atoms with E-state index in [9.17, 15) is 13.6 Å². The topological polar surface area (TPSA) is 55.1 Å². The molecule has 0 saturated heterocycles. The quantitative estimate of drug-likeness (QED) is 0.798. The third-order valence-corrected chi connectivity index (χ3v) is 3.06. The lowest BCUT2D eigenvalue weighted by Gasteiger charge is -2.04. The molecule has 6 heteroatoms. The van der Waals surface area contributed by atoms with Crippen LogP contribution < -0.4 is 5.32 Å². The Morgan fingerprint density at radius 2 is 1.82 bits per heavy atom. The van der Waals surface area contributed by atoms with Crippen molar-refractivity contribution in [1.29, 1.82) is 0 Å². The summed E-state index contributed by atoms with van der Waals surface area (Å²) >= 11 is 0. The van der Waals surface area contributed by atoms with Crippen molar-refractivity contribution in [3.8, 4) is 11.1 Å². The largest absolute Gasteiger partial charge is 0.338 e. The highest BCUT2D eigenvalue weighted by Crippen LogP contribution is 2.27. The molecule has 1 aromatic heterocycles. The zero-order valence-electron chi connectivity index (χ0n) is 11.2. The Bertz CT molecular complexity index is 816. The first-order valence-electron chi connectivity index (χ1n) is 6.41. The van der Waals surface area contributed by atoms with Gasteiger partial charge < -0.3 is 4.52 Å². The highest BCUT2D eigenvalue weighted by Gasteiger charge is 2.15. The second-order valence-electron chi connectivity index (χ2n) is 4.52. The number of nitrogens with one attached hydrogen (secondary N) is 1. The fraction of sp³-hybridized carbons (Fsp3) is 0. The van der Waals surface area contributed by atoms with Crippen LogP contribution in [0.15, 0.2) is 59.3 Å². The van der Waals surface area contributed by atoms with E-state index in [1.807, 2.05) is 30.3 Å². The van der Waals surface area contributed by atoms with Gasteiger partial charge in [0.05, 0.1) is 11.8 Å². The van der Waals surface area contributed by atoms with E-state index in [-0.39, 0.29) is 11.4 Å². The third kappa shape index (κ3) is 2.71. The molecule has 22 heavy (non-hydrogen) atoms. The minimum Gasteiger partial charge on any atom is -0.338 e. The number of hydrogen-bond donors (Lipinski definition) is 1. The molecular weight excluding hydrogens is 290 g/mol. The van der Waals surface area contributed by atoms with E-state index in [2.05, 4.69) is 10.5 Å². The number of amides is 1. The van der Waals surface area contributed by atoms with Gasteiger partial charge in [0.2, 0.25) is 5.88 Å². The Morgan fingerprint density at radius 1 is 1.05 bits per heavy atom. The predicted molar refractivity (Wildman–Crippen MR) is 76.3 cm³/mol. The van der Waals surface area contributed by atoms with Crippen LogP contribution in [0.5, 0.6) is 0 Å². The van der Waals surface area contributed by atoms with E-state index in [0.717, 1.165) is 17.7 Å². The first kappa shape index (κ1) is 13.9. The average molecular weight is 300 g/mol. The number of anilines is 1. The van der Waals surface area contributed by atoms with Crippen molar-refractivity contribution < 1.29 is 18.1 Å². The van der Waals surface area contributed by atoms with Gasteiger partial charge in [-0.15, -0.1) is 0 Å². The highest BCUT2D eigenvalue weighted by molar-refractivity contribution is 6.05. The molecule has 1 amide bonds. The summed E-state index contributed by atoms with van der Waals surface area (Å²) in [6.07, 6.45) is 1.47. The zero-order valence-corrected chi connectivity index (χ0v) is 11.2. The Hall–Kier alpha value is -3.02. The van der Waals surface area contributed by atoms with E-state index in [1.54, 1.807) is 0 Å². The normalized spacial score (nSPS) is 10.5. The minimum absolute atomic E-state index is 0.0192. The molecule has 0 atom stereocenters. The molecule has 1 N–H and O–H groups in total. The van der Waals surface area contributed by atoms with Crippen LogP contribution in [0.2, 0.25) is 0 Å². The summed E-state index contributed by atoms with van der Waals surface area (Å²) < 4.78 is 31.1. The summed E-state index contributed by atoms with van der Waals surface area (Å²) in [7, 11) is 0. The van der Waals surface area contributed by atoms with Crippen LogP contribution in [0.4, 0.5) is 14.7 Å². The third-order valence-electron chi connectivity index (χ3n) is 3.06. The molecule has 0 radical (unpaired) electrons. The molecule has 0 aliphatic carbocycles. The van der Waals surface area contributed by atoms with E-state index in [0.29, 0.717) is 5.56 Å². The molecule has 3 aromatic rings. The molecule has 0 spiro atoms. The highest BCUT2D eigenvalue weighted by atomic mass is 19.2. The van der Waals surface area contributed by atoms with Gasteiger partial charge in [-0.3, -0.25) is 10.1 Å². The summed E-state index contributed by atoms with van der Waals surface area (Å²) in [6.45, 7) is 0. The van der Waals surface area contributed by atoms with Gasteiger partial charge in [-0.2, -0.15) is 0 Å². The van der Waals surface area contributed by atoms with Crippen LogP contribution in [0.3, 0.4) is 0 Å². The summed E-state index contributed by atoms with van der Waals surface area (Å²) in [4.78, 5) is 12.1. The number of benzene rings is 2. The summed E-state index contributed by atoms with van der Waals surface area (Å²) in [5.41, 5.74) is 1.38. The van der Waals surface area contributed by atoms with Crippen LogP contribution in [-0.2, 0) is 0 Å². The van der Waals surface area contributed by atoms with Crippen LogP contribution in [0.25, 0.3) is 11.1 Å². The van der Waals surface area contributed by atoms with Crippen molar-refractivity contribution in [3.05, 3.63) is 71.9 Å². The lowest BCUT2D eigenvalue weighted by atomic mass is 10.1. The van der Waals surface area contributed by atoms with Gasteiger partial charge in [-0.1, -0.05) is 35.5 Å². The Balaban J connectivity index is 1.86. The molecule has 4 nitrogen and oxygen atoms in total. The van der Waals surface area contributed by atoms with E-state index < -0.39 is 17.5 Å². The van der Waals surface area contributed by atoms with Crippen molar-refractivity contribution >= 4 is 11.8 Å². The Labute approximate surface area is 124 Å².